The number of hydrogen-bond donors (Lipinski definition) is 0. The first kappa shape index (κ1) is 13.0. The van der Waals surface area contributed by atoms with E-state index in [-0.39, 0.29) is 17.7 Å². The average molecular weight is 222 g/mol. The lowest BCUT2D eigenvalue weighted by atomic mass is 9.88. The van der Waals surface area contributed by atoms with Crippen molar-refractivity contribution in [1.82, 2.24) is 4.90 Å². The number of hydrogen-bond acceptors (Lipinski definition) is 2. The molecule has 0 aromatic carbocycles. The summed E-state index contributed by atoms with van der Waals surface area (Å²) >= 11 is 0. The highest BCUT2D eigenvalue weighted by atomic mass is 16.2. The maximum Gasteiger partial charge on any atom is 0.225 e. The highest BCUT2D eigenvalue weighted by Gasteiger charge is 2.25. The largest absolute Gasteiger partial charge is 0.341 e. The lowest BCUT2D eigenvalue weighted by Crippen LogP contribution is -2.39. The van der Waals surface area contributed by atoms with Crippen molar-refractivity contribution in [2.24, 2.45) is 11.8 Å². The third kappa shape index (κ3) is 3.52. The molecule has 1 unspecified atom stereocenters. The van der Waals surface area contributed by atoms with Crippen LogP contribution in [0.2, 0.25) is 0 Å². The molecule has 1 aliphatic carbocycles. The lowest BCUT2D eigenvalue weighted by Gasteiger charge is -2.29. The summed E-state index contributed by atoms with van der Waals surface area (Å²) in [4.78, 5) is 14.0. The Labute approximate surface area is 98.4 Å². The van der Waals surface area contributed by atoms with E-state index in [1.54, 1.807) is 0 Å². The lowest BCUT2D eigenvalue weighted by molar-refractivity contribution is -0.136. The van der Waals surface area contributed by atoms with Crippen molar-refractivity contribution >= 4 is 5.91 Å². The molecule has 0 aromatic rings. The van der Waals surface area contributed by atoms with Gasteiger partial charge >= 0.3 is 0 Å². The first-order valence-corrected chi connectivity index (χ1v) is 6.37. The topological polar surface area (TPSA) is 44.1 Å². The van der Waals surface area contributed by atoms with Crippen LogP contribution in [-0.4, -0.2) is 23.9 Å². The summed E-state index contributed by atoms with van der Waals surface area (Å²) in [6.45, 7) is 5.17. The third-order valence-corrected chi connectivity index (χ3v) is 3.36. The van der Waals surface area contributed by atoms with Crippen LogP contribution in [0.4, 0.5) is 0 Å². The first-order valence-electron chi connectivity index (χ1n) is 6.37. The van der Waals surface area contributed by atoms with Crippen LogP contribution in [0.15, 0.2) is 0 Å². The first-order chi connectivity index (χ1) is 7.69. The van der Waals surface area contributed by atoms with E-state index in [2.05, 4.69) is 6.07 Å². The van der Waals surface area contributed by atoms with Crippen molar-refractivity contribution in [2.45, 2.75) is 46.0 Å². The van der Waals surface area contributed by atoms with E-state index in [1.165, 1.54) is 19.3 Å². The van der Waals surface area contributed by atoms with Gasteiger partial charge in [-0.05, 0) is 26.7 Å². The van der Waals surface area contributed by atoms with Crippen LogP contribution in [0.3, 0.4) is 0 Å². The second kappa shape index (κ2) is 6.52. The van der Waals surface area contributed by atoms with E-state index in [9.17, 15) is 4.79 Å². The quantitative estimate of drug-likeness (QED) is 0.733. The Balaban J connectivity index is 2.51. The van der Waals surface area contributed by atoms with Crippen molar-refractivity contribution in [3.05, 3.63) is 0 Å². The molecule has 1 amide bonds. The smallest absolute Gasteiger partial charge is 0.225 e. The van der Waals surface area contributed by atoms with Gasteiger partial charge in [-0.25, -0.2) is 0 Å². The number of nitrogens with zero attached hydrogens (tertiary/aromatic N) is 2. The van der Waals surface area contributed by atoms with Gasteiger partial charge in [-0.3, -0.25) is 4.79 Å². The van der Waals surface area contributed by atoms with Crippen LogP contribution in [0.1, 0.15) is 46.0 Å². The Hall–Kier alpha value is -1.04. The molecule has 3 heteroatoms. The molecule has 0 spiro atoms. The molecule has 1 fully saturated rings. The van der Waals surface area contributed by atoms with E-state index >= 15 is 0 Å². The van der Waals surface area contributed by atoms with Gasteiger partial charge in [0.1, 0.15) is 0 Å². The minimum Gasteiger partial charge on any atom is -0.341 e. The standard InChI is InChI=1S/C13H22N2O/c1-3-15(10-11(2)9-14)13(16)12-7-5-4-6-8-12/h11-12H,3-8,10H2,1-2H3. The molecule has 0 aliphatic heterocycles. The summed E-state index contributed by atoms with van der Waals surface area (Å²) in [5, 5.41) is 8.78. The maximum absolute atomic E-state index is 12.2. The maximum atomic E-state index is 12.2. The van der Waals surface area contributed by atoms with Crippen molar-refractivity contribution in [1.29, 1.82) is 5.26 Å². The zero-order chi connectivity index (χ0) is 12.0. The Bertz CT molecular complexity index is 264. The molecule has 0 N–H and O–H groups in total. The van der Waals surface area contributed by atoms with E-state index in [0.29, 0.717) is 6.54 Å². The summed E-state index contributed by atoms with van der Waals surface area (Å²) in [5.41, 5.74) is 0. The Morgan fingerprint density at radius 1 is 1.44 bits per heavy atom. The third-order valence-electron chi connectivity index (χ3n) is 3.36. The zero-order valence-electron chi connectivity index (χ0n) is 10.4. The molecule has 0 heterocycles. The van der Waals surface area contributed by atoms with Crippen LogP contribution >= 0.6 is 0 Å². The molecule has 3 nitrogen and oxygen atoms in total. The SMILES string of the molecule is CCN(CC(C)C#N)C(=O)C1CCCCC1. The number of carbonyl (C=O) groups is 1. The molecule has 90 valence electrons. The van der Waals surface area contributed by atoms with Crippen molar-refractivity contribution in [2.75, 3.05) is 13.1 Å². The number of amides is 1. The molecule has 16 heavy (non-hydrogen) atoms. The highest BCUT2D eigenvalue weighted by Crippen LogP contribution is 2.25. The summed E-state index contributed by atoms with van der Waals surface area (Å²) in [5.74, 6) is 0.427. The molecule has 1 saturated carbocycles. The van der Waals surface area contributed by atoms with Crippen LogP contribution in [0, 0.1) is 23.2 Å². The van der Waals surface area contributed by atoms with Gasteiger partial charge < -0.3 is 4.90 Å². The second-order valence-corrected chi connectivity index (χ2v) is 4.74. The van der Waals surface area contributed by atoms with Gasteiger partial charge in [0.2, 0.25) is 5.91 Å². The minimum atomic E-state index is -0.0625. The predicted octanol–water partition coefficient (Wildman–Crippen LogP) is 2.57. The summed E-state index contributed by atoms with van der Waals surface area (Å²) in [6.07, 6.45) is 5.71. The average Bonchev–Trinajstić information content (AvgIpc) is 2.35. The van der Waals surface area contributed by atoms with Gasteiger partial charge in [-0.2, -0.15) is 5.26 Å². The number of nitriles is 1. The summed E-state index contributed by atoms with van der Waals surface area (Å²) in [6, 6.07) is 2.19. The Kier molecular flexibility index (Phi) is 5.31. The van der Waals surface area contributed by atoms with Gasteiger partial charge in [0.05, 0.1) is 12.0 Å². The molecule has 1 atom stereocenters. The minimum absolute atomic E-state index is 0.0625. The molecule has 0 bridgehead atoms. The van der Waals surface area contributed by atoms with Gasteiger partial charge in [-0.15, -0.1) is 0 Å². The normalized spacial score (nSPS) is 18.8. The molecule has 0 saturated heterocycles. The molecule has 1 rings (SSSR count). The van der Waals surface area contributed by atoms with Crippen molar-refractivity contribution < 1.29 is 4.79 Å². The Morgan fingerprint density at radius 3 is 2.56 bits per heavy atom. The van der Waals surface area contributed by atoms with Gasteiger partial charge in [0, 0.05) is 19.0 Å². The fraction of sp³-hybridized carbons (Fsp3) is 0.846. The molecular formula is C13H22N2O. The highest BCUT2D eigenvalue weighted by molar-refractivity contribution is 5.78. The van der Waals surface area contributed by atoms with Gasteiger partial charge in [-0.1, -0.05) is 19.3 Å². The zero-order valence-corrected chi connectivity index (χ0v) is 10.4. The van der Waals surface area contributed by atoms with Crippen molar-refractivity contribution in [3.63, 3.8) is 0 Å². The number of carbonyl (C=O) groups excluding carboxylic acids is 1. The van der Waals surface area contributed by atoms with Crippen LogP contribution in [0.25, 0.3) is 0 Å². The fourth-order valence-electron chi connectivity index (χ4n) is 2.35. The van der Waals surface area contributed by atoms with Crippen LogP contribution in [-0.2, 0) is 4.79 Å². The molecule has 0 aromatic heterocycles. The van der Waals surface area contributed by atoms with E-state index in [0.717, 1.165) is 19.4 Å². The summed E-state index contributed by atoms with van der Waals surface area (Å²) < 4.78 is 0. The molecule has 1 aliphatic rings. The molecular weight excluding hydrogens is 200 g/mol. The molecule has 0 radical (unpaired) electrons. The van der Waals surface area contributed by atoms with Gasteiger partial charge in [0.15, 0.2) is 0 Å². The van der Waals surface area contributed by atoms with Crippen LogP contribution < -0.4 is 0 Å². The fourth-order valence-corrected chi connectivity index (χ4v) is 2.35. The van der Waals surface area contributed by atoms with Crippen molar-refractivity contribution in [3.8, 4) is 6.07 Å². The Morgan fingerprint density at radius 2 is 2.06 bits per heavy atom. The van der Waals surface area contributed by atoms with E-state index in [4.69, 9.17) is 5.26 Å². The van der Waals surface area contributed by atoms with Gasteiger partial charge in [0.25, 0.3) is 0 Å². The predicted molar refractivity (Wildman–Crippen MR) is 63.6 cm³/mol. The van der Waals surface area contributed by atoms with E-state index in [1.807, 2.05) is 18.7 Å². The second-order valence-electron chi connectivity index (χ2n) is 4.74. The summed E-state index contributed by atoms with van der Waals surface area (Å²) in [7, 11) is 0. The monoisotopic (exact) mass is 222 g/mol. The number of rotatable bonds is 4. The van der Waals surface area contributed by atoms with Crippen LogP contribution in [0.5, 0.6) is 0 Å². The van der Waals surface area contributed by atoms with E-state index < -0.39 is 0 Å².